The third-order valence-corrected chi connectivity index (χ3v) is 3.01. The van der Waals surface area contributed by atoms with Gasteiger partial charge in [0.05, 0.1) is 12.8 Å². The molecule has 0 saturated heterocycles. The highest BCUT2D eigenvalue weighted by molar-refractivity contribution is 5.85. The summed E-state index contributed by atoms with van der Waals surface area (Å²) in [5.41, 5.74) is 3.43. The van der Waals surface area contributed by atoms with Gasteiger partial charge in [0.15, 0.2) is 11.5 Å². The zero-order chi connectivity index (χ0) is 14.1. The molecule has 1 aromatic carbocycles. The molecule has 6 nitrogen and oxygen atoms in total. The standard InChI is InChI=1S/C14H15N5O/c1-8-4-5-11(20-3)10(6-8)19-14-12-13(15-7-16-14)18-9(2)17-12/h4-7H,1-3H3,(H2,15,16,17,18,19). The maximum absolute atomic E-state index is 5.36. The lowest BCUT2D eigenvalue weighted by molar-refractivity contribution is 0.416. The molecule has 0 amide bonds. The van der Waals surface area contributed by atoms with Crippen LogP contribution < -0.4 is 10.1 Å². The predicted molar refractivity (Wildman–Crippen MR) is 77.4 cm³/mol. The normalized spacial score (nSPS) is 10.8. The number of imidazole rings is 1. The first-order valence-electron chi connectivity index (χ1n) is 6.26. The summed E-state index contributed by atoms with van der Waals surface area (Å²) in [6, 6.07) is 5.93. The van der Waals surface area contributed by atoms with E-state index in [1.165, 1.54) is 6.33 Å². The molecule has 6 heteroatoms. The van der Waals surface area contributed by atoms with E-state index in [1.54, 1.807) is 7.11 Å². The van der Waals surface area contributed by atoms with Gasteiger partial charge in [-0.15, -0.1) is 0 Å². The minimum atomic E-state index is 0.645. The van der Waals surface area contributed by atoms with Gasteiger partial charge in [-0.2, -0.15) is 0 Å². The van der Waals surface area contributed by atoms with E-state index in [4.69, 9.17) is 4.74 Å². The molecule has 2 N–H and O–H groups in total. The Kier molecular flexibility index (Phi) is 2.98. The van der Waals surface area contributed by atoms with Gasteiger partial charge in [0.1, 0.15) is 23.4 Å². The highest BCUT2D eigenvalue weighted by atomic mass is 16.5. The zero-order valence-corrected chi connectivity index (χ0v) is 11.6. The molecule has 0 saturated carbocycles. The molecule has 0 fully saturated rings. The maximum atomic E-state index is 5.36. The highest BCUT2D eigenvalue weighted by Gasteiger charge is 2.10. The van der Waals surface area contributed by atoms with E-state index in [0.717, 1.165) is 28.3 Å². The lowest BCUT2D eigenvalue weighted by atomic mass is 10.2. The number of anilines is 2. The quantitative estimate of drug-likeness (QED) is 0.764. The molecule has 2 aromatic heterocycles. The van der Waals surface area contributed by atoms with Crippen molar-refractivity contribution in [2.45, 2.75) is 13.8 Å². The molecule has 0 unspecified atom stereocenters. The number of aromatic nitrogens is 4. The van der Waals surface area contributed by atoms with Crippen molar-refractivity contribution in [2.24, 2.45) is 0 Å². The van der Waals surface area contributed by atoms with Crippen molar-refractivity contribution in [2.75, 3.05) is 12.4 Å². The Balaban J connectivity index is 2.07. The van der Waals surface area contributed by atoms with Gasteiger partial charge in [-0.3, -0.25) is 0 Å². The highest BCUT2D eigenvalue weighted by Crippen LogP contribution is 2.29. The zero-order valence-electron chi connectivity index (χ0n) is 11.6. The van der Waals surface area contributed by atoms with Crippen LogP contribution in [-0.2, 0) is 0 Å². The number of fused-ring (bicyclic) bond motifs is 1. The third-order valence-electron chi connectivity index (χ3n) is 3.01. The number of nitrogens with zero attached hydrogens (tertiary/aromatic N) is 3. The molecule has 3 aromatic rings. The number of aryl methyl sites for hydroxylation is 2. The van der Waals surface area contributed by atoms with E-state index in [2.05, 4.69) is 25.3 Å². The molecule has 0 radical (unpaired) electrons. The second-order valence-corrected chi connectivity index (χ2v) is 4.57. The van der Waals surface area contributed by atoms with Crippen molar-refractivity contribution >= 4 is 22.7 Å². The van der Waals surface area contributed by atoms with E-state index in [9.17, 15) is 0 Å². The summed E-state index contributed by atoms with van der Waals surface area (Å²) < 4.78 is 5.36. The number of H-pyrrole nitrogens is 1. The molecular weight excluding hydrogens is 254 g/mol. The van der Waals surface area contributed by atoms with Crippen molar-refractivity contribution in [3.63, 3.8) is 0 Å². The largest absolute Gasteiger partial charge is 0.495 e. The third kappa shape index (κ3) is 2.16. The minimum Gasteiger partial charge on any atom is -0.495 e. The molecule has 0 aliphatic rings. The molecule has 2 heterocycles. The molecule has 0 spiro atoms. The Labute approximate surface area is 116 Å². The van der Waals surface area contributed by atoms with E-state index in [0.29, 0.717) is 11.5 Å². The van der Waals surface area contributed by atoms with E-state index >= 15 is 0 Å². The molecule has 0 bridgehead atoms. The fraction of sp³-hybridized carbons (Fsp3) is 0.214. The van der Waals surface area contributed by atoms with Crippen LogP contribution in [0.5, 0.6) is 5.75 Å². The number of hydrogen-bond donors (Lipinski definition) is 2. The van der Waals surface area contributed by atoms with Crippen LogP contribution in [0.4, 0.5) is 11.5 Å². The Hall–Kier alpha value is -2.63. The molecule has 20 heavy (non-hydrogen) atoms. The van der Waals surface area contributed by atoms with Crippen LogP contribution in [0.2, 0.25) is 0 Å². The Morgan fingerprint density at radius 2 is 2.05 bits per heavy atom. The molecule has 0 atom stereocenters. The lowest BCUT2D eigenvalue weighted by Gasteiger charge is -2.11. The molecule has 3 rings (SSSR count). The number of methoxy groups -OCH3 is 1. The Morgan fingerprint density at radius 1 is 1.20 bits per heavy atom. The summed E-state index contributed by atoms with van der Waals surface area (Å²) in [7, 11) is 1.64. The van der Waals surface area contributed by atoms with Crippen LogP contribution in [-0.4, -0.2) is 27.0 Å². The fourth-order valence-corrected chi connectivity index (χ4v) is 2.09. The molecule has 102 valence electrons. The second-order valence-electron chi connectivity index (χ2n) is 4.57. The topological polar surface area (TPSA) is 75.7 Å². The summed E-state index contributed by atoms with van der Waals surface area (Å²) in [6.45, 7) is 3.92. The van der Waals surface area contributed by atoms with Gasteiger partial charge >= 0.3 is 0 Å². The van der Waals surface area contributed by atoms with Gasteiger partial charge in [-0.1, -0.05) is 6.07 Å². The number of aromatic amines is 1. The Morgan fingerprint density at radius 3 is 2.85 bits per heavy atom. The van der Waals surface area contributed by atoms with Crippen molar-refractivity contribution in [1.82, 2.24) is 19.9 Å². The van der Waals surface area contributed by atoms with Gasteiger partial charge in [-0.25, -0.2) is 15.0 Å². The monoisotopic (exact) mass is 269 g/mol. The average Bonchev–Trinajstić information content (AvgIpc) is 2.80. The van der Waals surface area contributed by atoms with Crippen molar-refractivity contribution in [3.05, 3.63) is 35.9 Å². The van der Waals surface area contributed by atoms with Gasteiger partial charge in [0.2, 0.25) is 0 Å². The van der Waals surface area contributed by atoms with Crippen molar-refractivity contribution in [1.29, 1.82) is 0 Å². The lowest BCUT2D eigenvalue weighted by Crippen LogP contribution is -1.98. The molecule has 0 aliphatic carbocycles. The number of benzene rings is 1. The summed E-state index contributed by atoms with van der Waals surface area (Å²) in [5.74, 6) is 2.25. The average molecular weight is 269 g/mol. The first-order valence-corrected chi connectivity index (χ1v) is 6.26. The van der Waals surface area contributed by atoms with Gasteiger partial charge < -0.3 is 15.0 Å². The van der Waals surface area contributed by atoms with Crippen LogP contribution in [0.25, 0.3) is 11.2 Å². The van der Waals surface area contributed by atoms with Crippen molar-refractivity contribution in [3.8, 4) is 5.75 Å². The van der Waals surface area contributed by atoms with E-state index in [-0.39, 0.29) is 0 Å². The van der Waals surface area contributed by atoms with Crippen LogP contribution in [0.1, 0.15) is 11.4 Å². The molecular formula is C14H15N5O. The van der Waals surface area contributed by atoms with Gasteiger partial charge in [-0.05, 0) is 31.5 Å². The first kappa shape index (κ1) is 12.4. The smallest absolute Gasteiger partial charge is 0.183 e. The van der Waals surface area contributed by atoms with Gasteiger partial charge in [0.25, 0.3) is 0 Å². The Bertz CT molecular complexity index is 765. The summed E-state index contributed by atoms with van der Waals surface area (Å²) in [6.07, 6.45) is 1.49. The summed E-state index contributed by atoms with van der Waals surface area (Å²) in [5, 5.41) is 3.27. The van der Waals surface area contributed by atoms with Crippen LogP contribution in [0.3, 0.4) is 0 Å². The minimum absolute atomic E-state index is 0.645. The molecule has 0 aliphatic heterocycles. The van der Waals surface area contributed by atoms with E-state index < -0.39 is 0 Å². The van der Waals surface area contributed by atoms with Crippen molar-refractivity contribution < 1.29 is 4.74 Å². The number of ether oxygens (including phenoxy) is 1. The van der Waals surface area contributed by atoms with Gasteiger partial charge in [0, 0.05) is 0 Å². The van der Waals surface area contributed by atoms with E-state index in [1.807, 2.05) is 32.0 Å². The van der Waals surface area contributed by atoms with Crippen LogP contribution >= 0.6 is 0 Å². The summed E-state index contributed by atoms with van der Waals surface area (Å²) >= 11 is 0. The van der Waals surface area contributed by atoms with Crippen LogP contribution in [0.15, 0.2) is 24.5 Å². The first-order chi connectivity index (χ1) is 9.67. The number of rotatable bonds is 3. The summed E-state index contributed by atoms with van der Waals surface area (Å²) in [4.78, 5) is 15.9. The predicted octanol–water partition coefficient (Wildman–Crippen LogP) is 2.72. The van der Waals surface area contributed by atoms with Crippen LogP contribution in [0, 0.1) is 13.8 Å². The SMILES string of the molecule is COc1ccc(C)cc1Nc1ncnc2nc(C)[nH]c12. The maximum Gasteiger partial charge on any atom is 0.183 e. The fourth-order valence-electron chi connectivity index (χ4n) is 2.09. The number of nitrogens with one attached hydrogen (secondary N) is 2. The number of hydrogen-bond acceptors (Lipinski definition) is 5. The second kappa shape index (κ2) is 4.80.